The number of nitrogens with zero attached hydrogens (tertiary/aromatic N) is 3. The van der Waals surface area contributed by atoms with Gasteiger partial charge in [-0.05, 0) is 49.4 Å². The molecule has 0 amide bonds. The average molecular weight is 312 g/mol. The molecule has 1 saturated heterocycles. The van der Waals surface area contributed by atoms with E-state index in [1.807, 2.05) is 0 Å². The van der Waals surface area contributed by atoms with Gasteiger partial charge in [-0.3, -0.25) is 4.90 Å². The van der Waals surface area contributed by atoms with Crippen molar-refractivity contribution in [2.24, 2.45) is 0 Å². The van der Waals surface area contributed by atoms with Crippen LogP contribution in [0.2, 0.25) is 0 Å². The zero-order valence-corrected chi connectivity index (χ0v) is 13.7. The van der Waals surface area contributed by atoms with E-state index >= 15 is 0 Å². The largest absolute Gasteiger partial charge is 0.339 e. The van der Waals surface area contributed by atoms with Crippen LogP contribution in [0.15, 0.2) is 22.7 Å². The normalized spacial score (nSPS) is 22.0. The number of nitrogens with one attached hydrogen (secondary N) is 1. The Hall–Kier alpha value is -1.72. The molecule has 0 radical (unpaired) electrons. The molecule has 2 heterocycles. The molecule has 5 nitrogen and oxygen atoms in total. The second-order valence-corrected chi connectivity index (χ2v) is 6.73. The van der Waals surface area contributed by atoms with E-state index in [-0.39, 0.29) is 6.04 Å². The first kappa shape index (κ1) is 14.8. The monoisotopic (exact) mass is 312 g/mol. The smallest absolute Gasteiger partial charge is 0.231 e. The summed E-state index contributed by atoms with van der Waals surface area (Å²) in [6.07, 6.45) is 5.78. The number of aromatic nitrogens is 2. The van der Waals surface area contributed by atoms with Gasteiger partial charge in [0.05, 0.1) is 12.5 Å². The van der Waals surface area contributed by atoms with Gasteiger partial charge < -0.3 is 9.84 Å². The van der Waals surface area contributed by atoms with Crippen molar-refractivity contribution >= 4 is 0 Å². The molecule has 1 unspecified atom stereocenters. The van der Waals surface area contributed by atoms with Crippen molar-refractivity contribution in [3.63, 3.8) is 0 Å². The summed E-state index contributed by atoms with van der Waals surface area (Å²) in [5.74, 6) is 1.52. The lowest BCUT2D eigenvalue weighted by Crippen LogP contribution is -2.44. The van der Waals surface area contributed by atoms with Crippen molar-refractivity contribution in [1.29, 1.82) is 0 Å². The van der Waals surface area contributed by atoms with E-state index in [0.29, 0.717) is 0 Å². The van der Waals surface area contributed by atoms with Gasteiger partial charge in [-0.1, -0.05) is 23.4 Å². The van der Waals surface area contributed by atoms with Crippen LogP contribution in [0.25, 0.3) is 0 Å². The summed E-state index contributed by atoms with van der Waals surface area (Å²) >= 11 is 0. The van der Waals surface area contributed by atoms with Crippen LogP contribution in [0.1, 0.15) is 47.3 Å². The molecule has 1 N–H and O–H groups in total. The molecule has 0 bridgehead atoms. The van der Waals surface area contributed by atoms with Crippen molar-refractivity contribution in [3.05, 3.63) is 46.6 Å². The lowest BCUT2D eigenvalue weighted by Gasteiger charge is -2.30. The zero-order chi connectivity index (χ0) is 15.6. The first-order valence-corrected chi connectivity index (χ1v) is 8.64. The van der Waals surface area contributed by atoms with Crippen molar-refractivity contribution in [2.75, 3.05) is 26.7 Å². The Kier molecular flexibility index (Phi) is 4.14. The summed E-state index contributed by atoms with van der Waals surface area (Å²) in [5.41, 5.74) is 4.29. The highest BCUT2D eigenvalue weighted by atomic mass is 16.5. The Balaban J connectivity index is 1.49. The van der Waals surface area contributed by atoms with E-state index in [9.17, 15) is 0 Å². The minimum absolute atomic E-state index is 0.213. The zero-order valence-electron chi connectivity index (χ0n) is 13.7. The van der Waals surface area contributed by atoms with Crippen LogP contribution in [0.3, 0.4) is 0 Å². The maximum Gasteiger partial charge on any atom is 0.231 e. The molecule has 1 fully saturated rings. The van der Waals surface area contributed by atoms with Gasteiger partial charge >= 0.3 is 0 Å². The molecule has 1 aromatic carbocycles. The average Bonchev–Trinajstić information content (AvgIpc) is 3.03. The molecular weight excluding hydrogens is 288 g/mol. The number of likely N-dealkylation sites (N-methyl/N-ethyl adjacent to an activating group) is 1. The van der Waals surface area contributed by atoms with Gasteiger partial charge in [0.1, 0.15) is 0 Å². The van der Waals surface area contributed by atoms with E-state index in [0.717, 1.165) is 37.8 Å². The fourth-order valence-electron chi connectivity index (χ4n) is 3.64. The summed E-state index contributed by atoms with van der Waals surface area (Å²) in [6, 6.07) is 7.03. The Morgan fingerprint density at radius 1 is 1.26 bits per heavy atom. The highest BCUT2D eigenvalue weighted by Gasteiger charge is 2.25. The number of hydrogen-bond acceptors (Lipinski definition) is 5. The first-order valence-electron chi connectivity index (χ1n) is 8.64. The quantitative estimate of drug-likeness (QED) is 0.941. The maximum atomic E-state index is 5.50. The van der Waals surface area contributed by atoms with Crippen LogP contribution in [-0.4, -0.2) is 41.7 Å². The van der Waals surface area contributed by atoms with Gasteiger partial charge in [0.2, 0.25) is 5.89 Å². The molecule has 1 atom stereocenters. The van der Waals surface area contributed by atoms with Gasteiger partial charge in [0.15, 0.2) is 5.82 Å². The van der Waals surface area contributed by atoms with E-state index in [1.165, 1.54) is 42.4 Å². The fourth-order valence-corrected chi connectivity index (χ4v) is 3.64. The van der Waals surface area contributed by atoms with E-state index in [2.05, 4.69) is 45.6 Å². The van der Waals surface area contributed by atoms with Gasteiger partial charge in [0, 0.05) is 19.6 Å². The third-order valence-electron chi connectivity index (χ3n) is 5.06. The van der Waals surface area contributed by atoms with E-state index in [4.69, 9.17) is 4.52 Å². The van der Waals surface area contributed by atoms with Crippen molar-refractivity contribution < 1.29 is 4.52 Å². The predicted octanol–water partition coefficient (Wildman–Crippen LogP) is 2.12. The molecule has 2 aromatic rings. The maximum absolute atomic E-state index is 5.50. The summed E-state index contributed by atoms with van der Waals surface area (Å²) < 4.78 is 5.50. The number of benzene rings is 1. The van der Waals surface area contributed by atoms with Crippen LogP contribution in [0, 0.1) is 0 Å². The van der Waals surface area contributed by atoms with Gasteiger partial charge in [-0.25, -0.2) is 0 Å². The second kappa shape index (κ2) is 6.42. The number of aryl methyl sites for hydroxylation is 2. The highest BCUT2D eigenvalue weighted by Crippen LogP contribution is 2.24. The van der Waals surface area contributed by atoms with Crippen LogP contribution in [0.4, 0.5) is 0 Å². The standard InChI is InChI=1S/C18H24N4O/c1-22-9-8-19-12-16(22)18-20-17(23-21-18)11-13-6-7-14-4-2-3-5-15(14)10-13/h6-7,10,16,19H,2-5,8-9,11-12H2,1H3. The van der Waals surface area contributed by atoms with Gasteiger partial charge in [-0.2, -0.15) is 4.98 Å². The molecule has 1 aliphatic heterocycles. The third-order valence-corrected chi connectivity index (χ3v) is 5.06. The summed E-state index contributed by atoms with van der Waals surface area (Å²) in [5, 5.41) is 7.60. The summed E-state index contributed by atoms with van der Waals surface area (Å²) in [6.45, 7) is 2.92. The minimum atomic E-state index is 0.213. The predicted molar refractivity (Wildman–Crippen MR) is 88.4 cm³/mol. The van der Waals surface area contributed by atoms with Crippen molar-refractivity contribution in [1.82, 2.24) is 20.4 Å². The minimum Gasteiger partial charge on any atom is -0.339 e. The molecule has 2 aliphatic rings. The number of rotatable bonds is 3. The molecule has 1 aromatic heterocycles. The van der Waals surface area contributed by atoms with Crippen molar-refractivity contribution in [2.45, 2.75) is 38.1 Å². The van der Waals surface area contributed by atoms with Crippen LogP contribution in [-0.2, 0) is 19.3 Å². The topological polar surface area (TPSA) is 54.2 Å². The lowest BCUT2D eigenvalue weighted by molar-refractivity contribution is 0.190. The van der Waals surface area contributed by atoms with E-state index < -0.39 is 0 Å². The molecule has 0 spiro atoms. The Morgan fingerprint density at radius 3 is 3.00 bits per heavy atom. The Morgan fingerprint density at radius 2 is 2.13 bits per heavy atom. The summed E-state index contributed by atoms with van der Waals surface area (Å²) in [7, 11) is 2.12. The SMILES string of the molecule is CN1CCNCC1c1noc(Cc2ccc3c(c2)CCCC3)n1. The molecule has 4 rings (SSSR count). The highest BCUT2D eigenvalue weighted by molar-refractivity contribution is 5.34. The number of piperazine rings is 1. The molecule has 122 valence electrons. The number of fused-ring (bicyclic) bond motifs is 1. The molecule has 0 saturated carbocycles. The fraction of sp³-hybridized carbons (Fsp3) is 0.556. The molecule has 23 heavy (non-hydrogen) atoms. The van der Waals surface area contributed by atoms with Crippen molar-refractivity contribution in [3.8, 4) is 0 Å². The van der Waals surface area contributed by atoms with Crippen LogP contribution < -0.4 is 5.32 Å². The van der Waals surface area contributed by atoms with E-state index in [1.54, 1.807) is 0 Å². The summed E-state index contributed by atoms with van der Waals surface area (Å²) in [4.78, 5) is 6.91. The van der Waals surface area contributed by atoms with Crippen LogP contribution in [0.5, 0.6) is 0 Å². The number of hydrogen-bond donors (Lipinski definition) is 1. The Labute approximate surface area is 137 Å². The lowest BCUT2D eigenvalue weighted by atomic mass is 9.90. The van der Waals surface area contributed by atoms with Crippen LogP contribution >= 0.6 is 0 Å². The molecular formula is C18H24N4O. The third kappa shape index (κ3) is 3.16. The van der Waals surface area contributed by atoms with Gasteiger partial charge in [0.25, 0.3) is 0 Å². The first-order chi connectivity index (χ1) is 11.3. The second-order valence-electron chi connectivity index (χ2n) is 6.73. The molecule has 5 heteroatoms. The van der Waals surface area contributed by atoms with Gasteiger partial charge in [-0.15, -0.1) is 0 Å². The Bertz CT molecular complexity index is 681. The molecule has 1 aliphatic carbocycles.